The number of methoxy groups -OCH3 is 1. The Labute approximate surface area is 153 Å². The van der Waals surface area contributed by atoms with Crippen LogP contribution in [-0.4, -0.2) is 55.7 Å². The highest BCUT2D eigenvalue weighted by molar-refractivity contribution is 5.94. The molecule has 26 heavy (non-hydrogen) atoms. The van der Waals surface area contributed by atoms with Crippen LogP contribution in [0, 0.1) is 0 Å². The average Bonchev–Trinajstić information content (AvgIpc) is 2.52. The fraction of sp³-hybridized carbons (Fsp3) is 0.500. The Morgan fingerprint density at radius 3 is 2.50 bits per heavy atom. The molecule has 1 rings (SSSR count). The molecule has 3 amide bonds. The predicted molar refractivity (Wildman–Crippen MR) is 98.1 cm³/mol. The maximum atomic E-state index is 12.0. The topological polar surface area (TPSA) is 97.0 Å². The van der Waals surface area contributed by atoms with Crippen molar-refractivity contribution in [1.82, 2.24) is 10.2 Å². The summed E-state index contributed by atoms with van der Waals surface area (Å²) in [5, 5.41) is 5.21. The minimum Gasteiger partial charge on any atom is -0.497 e. The molecule has 1 aromatic rings. The Morgan fingerprint density at radius 1 is 1.19 bits per heavy atom. The van der Waals surface area contributed by atoms with Crippen molar-refractivity contribution in [2.75, 3.05) is 32.6 Å². The third-order valence-corrected chi connectivity index (χ3v) is 3.17. The van der Waals surface area contributed by atoms with E-state index in [4.69, 9.17) is 9.47 Å². The van der Waals surface area contributed by atoms with Crippen molar-refractivity contribution < 1.29 is 23.9 Å². The number of ether oxygens (including phenoxy) is 2. The number of hydrogen-bond acceptors (Lipinski definition) is 5. The van der Waals surface area contributed by atoms with Crippen LogP contribution in [0.1, 0.15) is 27.2 Å². The predicted octanol–water partition coefficient (Wildman–Crippen LogP) is 2.01. The maximum Gasteiger partial charge on any atom is 0.407 e. The first-order chi connectivity index (χ1) is 12.1. The molecular weight excluding hydrogens is 338 g/mol. The highest BCUT2D eigenvalue weighted by atomic mass is 16.6. The maximum absolute atomic E-state index is 12.0. The van der Waals surface area contributed by atoms with Crippen LogP contribution in [0.15, 0.2) is 24.3 Å². The molecule has 0 aromatic heterocycles. The Morgan fingerprint density at radius 2 is 1.88 bits per heavy atom. The normalized spacial score (nSPS) is 10.7. The van der Waals surface area contributed by atoms with E-state index in [9.17, 15) is 14.4 Å². The van der Waals surface area contributed by atoms with Crippen molar-refractivity contribution >= 4 is 23.6 Å². The summed E-state index contributed by atoms with van der Waals surface area (Å²) < 4.78 is 10.2. The van der Waals surface area contributed by atoms with E-state index in [1.807, 2.05) is 0 Å². The summed E-state index contributed by atoms with van der Waals surface area (Å²) in [5.74, 6) is 0.0384. The van der Waals surface area contributed by atoms with Crippen molar-refractivity contribution in [3.8, 4) is 5.75 Å². The standard InChI is InChI=1S/C18H27N3O5/c1-18(2,3)26-17(24)19-10-9-16(23)21(4)12-15(22)20-13-7-6-8-14(11-13)25-5/h6-8,11H,9-10,12H2,1-5H3,(H,19,24)(H,20,22). The Bertz CT molecular complexity index is 640. The first kappa shape index (κ1) is 21.3. The van der Waals surface area contributed by atoms with Gasteiger partial charge in [0.2, 0.25) is 11.8 Å². The van der Waals surface area contributed by atoms with Gasteiger partial charge >= 0.3 is 6.09 Å². The van der Waals surface area contributed by atoms with Gasteiger partial charge in [0, 0.05) is 31.8 Å². The van der Waals surface area contributed by atoms with E-state index in [0.717, 1.165) is 0 Å². The van der Waals surface area contributed by atoms with E-state index in [0.29, 0.717) is 11.4 Å². The number of nitrogens with zero attached hydrogens (tertiary/aromatic N) is 1. The number of likely N-dealkylation sites (N-methyl/N-ethyl adjacent to an activating group) is 1. The van der Waals surface area contributed by atoms with E-state index in [1.165, 1.54) is 11.9 Å². The number of amides is 3. The van der Waals surface area contributed by atoms with E-state index in [1.54, 1.807) is 52.1 Å². The number of hydrogen-bond donors (Lipinski definition) is 2. The van der Waals surface area contributed by atoms with Gasteiger partial charge in [-0.1, -0.05) is 6.07 Å². The second-order valence-corrected chi connectivity index (χ2v) is 6.71. The minimum atomic E-state index is -0.594. The van der Waals surface area contributed by atoms with Crippen LogP contribution in [0.5, 0.6) is 5.75 Å². The van der Waals surface area contributed by atoms with E-state index in [-0.39, 0.29) is 31.3 Å². The molecule has 144 valence electrons. The molecule has 0 atom stereocenters. The van der Waals surface area contributed by atoms with Crippen molar-refractivity contribution in [1.29, 1.82) is 0 Å². The van der Waals surface area contributed by atoms with Crippen molar-refractivity contribution in [2.24, 2.45) is 0 Å². The van der Waals surface area contributed by atoms with Crippen molar-refractivity contribution in [2.45, 2.75) is 32.8 Å². The average molecular weight is 365 g/mol. The molecule has 0 unspecified atom stereocenters. The van der Waals surface area contributed by atoms with Gasteiger partial charge in [-0.05, 0) is 32.9 Å². The number of alkyl carbamates (subject to hydrolysis) is 1. The van der Waals surface area contributed by atoms with Gasteiger partial charge < -0.3 is 25.0 Å². The number of carbonyl (C=O) groups is 3. The largest absolute Gasteiger partial charge is 0.497 e. The number of anilines is 1. The Hall–Kier alpha value is -2.77. The smallest absolute Gasteiger partial charge is 0.407 e. The molecule has 0 aliphatic rings. The minimum absolute atomic E-state index is 0.0716. The van der Waals surface area contributed by atoms with Crippen LogP contribution in [0.3, 0.4) is 0 Å². The molecule has 0 radical (unpaired) electrons. The highest BCUT2D eigenvalue weighted by Crippen LogP contribution is 2.16. The third-order valence-electron chi connectivity index (χ3n) is 3.17. The van der Waals surface area contributed by atoms with Crippen molar-refractivity contribution in [3.05, 3.63) is 24.3 Å². The van der Waals surface area contributed by atoms with Gasteiger partial charge in [0.1, 0.15) is 11.4 Å². The summed E-state index contributed by atoms with van der Waals surface area (Å²) in [6.45, 7) is 5.31. The third kappa shape index (κ3) is 8.36. The monoisotopic (exact) mass is 365 g/mol. The number of rotatable bonds is 7. The van der Waals surface area contributed by atoms with Gasteiger partial charge in [-0.3, -0.25) is 9.59 Å². The van der Waals surface area contributed by atoms with Crippen molar-refractivity contribution in [3.63, 3.8) is 0 Å². The lowest BCUT2D eigenvalue weighted by Gasteiger charge is -2.20. The molecule has 0 bridgehead atoms. The summed E-state index contributed by atoms with van der Waals surface area (Å²) in [7, 11) is 3.07. The zero-order valence-electron chi connectivity index (χ0n) is 15.9. The van der Waals surface area contributed by atoms with E-state index < -0.39 is 11.7 Å². The number of benzene rings is 1. The van der Waals surface area contributed by atoms with Crippen LogP contribution < -0.4 is 15.4 Å². The zero-order chi connectivity index (χ0) is 19.7. The summed E-state index contributed by atoms with van der Waals surface area (Å²) in [6.07, 6.45) is -0.508. The second-order valence-electron chi connectivity index (χ2n) is 6.71. The number of nitrogens with one attached hydrogen (secondary N) is 2. The van der Waals surface area contributed by atoms with Gasteiger partial charge in [-0.25, -0.2) is 4.79 Å². The van der Waals surface area contributed by atoms with Crippen LogP contribution in [0.2, 0.25) is 0 Å². The summed E-state index contributed by atoms with van der Waals surface area (Å²) in [6, 6.07) is 6.94. The quantitative estimate of drug-likeness (QED) is 0.770. The fourth-order valence-corrected chi connectivity index (χ4v) is 1.98. The van der Waals surface area contributed by atoms with Gasteiger partial charge in [-0.15, -0.1) is 0 Å². The van der Waals surface area contributed by atoms with Crippen LogP contribution >= 0.6 is 0 Å². The molecule has 8 nitrogen and oxygen atoms in total. The molecule has 0 saturated carbocycles. The van der Waals surface area contributed by atoms with Gasteiger partial charge in [-0.2, -0.15) is 0 Å². The first-order valence-corrected chi connectivity index (χ1v) is 8.25. The molecule has 0 fully saturated rings. The Kier molecular flexibility index (Phi) is 7.89. The summed E-state index contributed by atoms with van der Waals surface area (Å²) in [4.78, 5) is 36.9. The zero-order valence-corrected chi connectivity index (χ0v) is 15.9. The molecule has 8 heteroatoms. The molecule has 0 heterocycles. The fourth-order valence-electron chi connectivity index (χ4n) is 1.98. The van der Waals surface area contributed by atoms with Crippen LogP contribution in [-0.2, 0) is 14.3 Å². The summed E-state index contributed by atoms with van der Waals surface area (Å²) in [5.41, 5.74) is -0.00916. The lowest BCUT2D eigenvalue weighted by atomic mass is 10.2. The second kappa shape index (κ2) is 9.65. The molecule has 0 saturated heterocycles. The van der Waals surface area contributed by atoms with Crippen LogP contribution in [0.25, 0.3) is 0 Å². The summed E-state index contributed by atoms with van der Waals surface area (Å²) >= 11 is 0. The SMILES string of the molecule is COc1cccc(NC(=O)CN(C)C(=O)CCNC(=O)OC(C)(C)C)c1. The molecule has 0 spiro atoms. The van der Waals surface area contributed by atoms with Crippen LogP contribution in [0.4, 0.5) is 10.5 Å². The van der Waals surface area contributed by atoms with Gasteiger partial charge in [0.25, 0.3) is 0 Å². The molecule has 2 N–H and O–H groups in total. The number of carbonyl (C=O) groups excluding carboxylic acids is 3. The van der Waals surface area contributed by atoms with E-state index in [2.05, 4.69) is 10.6 Å². The lowest BCUT2D eigenvalue weighted by molar-refractivity contribution is -0.133. The Balaban J connectivity index is 2.36. The molecular formula is C18H27N3O5. The molecule has 0 aliphatic carbocycles. The molecule has 0 aliphatic heterocycles. The lowest BCUT2D eigenvalue weighted by Crippen LogP contribution is -2.38. The highest BCUT2D eigenvalue weighted by Gasteiger charge is 2.17. The van der Waals surface area contributed by atoms with Gasteiger partial charge in [0.05, 0.1) is 13.7 Å². The molecule has 1 aromatic carbocycles. The van der Waals surface area contributed by atoms with Gasteiger partial charge in [0.15, 0.2) is 0 Å². The first-order valence-electron chi connectivity index (χ1n) is 8.25. The van der Waals surface area contributed by atoms with E-state index >= 15 is 0 Å².